The lowest BCUT2D eigenvalue weighted by Crippen LogP contribution is -2.67. The molecule has 4 heterocycles. The molecule has 0 bridgehead atoms. The molecule has 0 aromatic rings. The minimum atomic E-state index is -2.53. The van der Waals surface area contributed by atoms with Crippen LogP contribution in [-0.2, 0) is 79.3 Å². The van der Waals surface area contributed by atoms with E-state index in [1.807, 2.05) is 65.0 Å². The van der Waals surface area contributed by atoms with Gasteiger partial charge in [-0.05, 0) is 147 Å². The third-order valence-electron chi connectivity index (χ3n) is 23.8. The number of carbonyl (C=O) groups excluding carboxylic acids is 2. The fraction of sp³-hybridized carbons (Fsp3) is 0.848. The summed E-state index contributed by atoms with van der Waals surface area (Å²) >= 11 is 0. The van der Waals surface area contributed by atoms with Gasteiger partial charge in [0.1, 0.15) is 6.10 Å². The number of hydrogen-bond acceptors (Lipinski definition) is 19. The third-order valence-corrected chi connectivity index (χ3v) is 42.0. The Labute approximate surface area is 623 Å². The van der Waals surface area contributed by atoms with Crippen LogP contribution >= 0.6 is 0 Å². The first-order valence-electron chi connectivity index (χ1n) is 38.3. The molecule has 0 aromatic carbocycles. The average molecular weight is 1510 g/mol. The Morgan fingerprint density at radius 2 is 1.30 bits per heavy atom. The number of carbonyl (C=O) groups is 2. The predicted octanol–water partition coefficient (Wildman–Crippen LogP) is 18.0. The topological polar surface area (TPSA) is 202 Å². The van der Waals surface area contributed by atoms with E-state index in [-0.39, 0.29) is 64.3 Å². The Balaban J connectivity index is 1.72. The summed E-state index contributed by atoms with van der Waals surface area (Å²) in [6.45, 7) is 62.8. The molecular formula is C79H146O19Si4. The van der Waals surface area contributed by atoms with Crippen LogP contribution in [0.2, 0.25) is 72.5 Å². The van der Waals surface area contributed by atoms with E-state index in [1.165, 1.54) is 0 Å². The van der Waals surface area contributed by atoms with Crippen molar-refractivity contribution in [1.29, 1.82) is 0 Å². The summed E-state index contributed by atoms with van der Waals surface area (Å²) in [5.41, 5.74) is 2.53. The van der Waals surface area contributed by atoms with Crippen molar-refractivity contribution < 1.29 is 89.2 Å². The van der Waals surface area contributed by atoms with Gasteiger partial charge in [-0.1, -0.05) is 151 Å². The number of allylic oxidation sites excluding steroid dienone is 7. The van der Waals surface area contributed by atoms with Crippen molar-refractivity contribution in [2.75, 3.05) is 41.7 Å². The van der Waals surface area contributed by atoms with Crippen LogP contribution in [0.1, 0.15) is 198 Å². The molecule has 23 heteroatoms. The number of hydrogen-bond donors (Lipinski definition) is 1. The summed E-state index contributed by atoms with van der Waals surface area (Å²) in [5.74, 6) is -2.82. The summed E-state index contributed by atoms with van der Waals surface area (Å²) < 4.78 is 109. The Bertz CT molecular complexity index is 2770. The maximum Gasteiger partial charge on any atom is 0.509 e. The van der Waals surface area contributed by atoms with Gasteiger partial charge in [-0.2, -0.15) is 0 Å². The van der Waals surface area contributed by atoms with Crippen molar-refractivity contribution in [2.45, 2.75) is 374 Å². The van der Waals surface area contributed by atoms with Crippen molar-refractivity contribution in [2.24, 2.45) is 17.8 Å². The molecule has 1 N–H and O–H groups in total. The molecule has 4 aliphatic rings. The van der Waals surface area contributed by atoms with E-state index in [2.05, 4.69) is 156 Å². The number of esters is 1. The molecule has 592 valence electrons. The van der Waals surface area contributed by atoms with Crippen LogP contribution in [0.25, 0.3) is 0 Å². The Morgan fingerprint density at radius 3 is 1.83 bits per heavy atom. The molecular weight excluding hydrogens is 1370 g/mol. The minimum absolute atomic E-state index is 0.00450. The minimum Gasteiger partial charge on any atom is -0.463 e. The molecule has 0 unspecified atom stereocenters. The van der Waals surface area contributed by atoms with Gasteiger partial charge in [0, 0.05) is 77.4 Å². The van der Waals surface area contributed by atoms with Crippen LogP contribution in [0, 0.1) is 17.8 Å². The van der Waals surface area contributed by atoms with Crippen LogP contribution in [0.15, 0.2) is 58.7 Å². The summed E-state index contributed by atoms with van der Waals surface area (Å²) in [5, 5.41) is 11.0. The molecule has 4 aliphatic heterocycles. The molecule has 0 saturated carbocycles. The summed E-state index contributed by atoms with van der Waals surface area (Å²) in [6, 6.07) is 2.80. The third kappa shape index (κ3) is 24.1. The zero-order valence-corrected chi connectivity index (χ0v) is 73.9. The van der Waals surface area contributed by atoms with E-state index in [9.17, 15) is 14.7 Å². The van der Waals surface area contributed by atoms with Gasteiger partial charge in [0.15, 0.2) is 58.1 Å². The maximum atomic E-state index is 14.0. The zero-order chi connectivity index (χ0) is 77.7. The second kappa shape index (κ2) is 38.4. The molecule has 0 aromatic heterocycles. The van der Waals surface area contributed by atoms with Gasteiger partial charge in [0.05, 0.1) is 79.9 Å². The number of rotatable bonds is 37. The van der Waals surface area contributed by atoms with Gasteiger partial charge < -0.3 is 79.7 Å². The standard InChI is InChI=1S/C79H146O19Si4/c1-34-87-73(81)55(9)45-53(7)43-52(6)44-54(8)61(80)42-41-51(5)39-38-40-62(95-99(28,29)75(14,15)16)64(84-25)47-66-72(93-74(82)91-66)79(86-27)57(11)69(96-100(30,31)76(17,18)19)56(10)63(94-79)46-60(50-83-24)90-68-49-78(23,98-102(35-2,36-3)37-4)71(59(13)89-68)92-67-48-65(85-26)70(58(12)88-67)97-101(32,33)77(20,21)22/h39,41-45,54,56-72,80H,34-38,40,46-50H2,1-33H3/b42-41+,51-39-,52-44+,53-43+,55-45+/t54-,56+,57-,58-,59+,60-,61-,62+,63-,64+,65-,66+,67+,68+,69+,70-,71+,72-,78+,79-/m1/s1. The Kier molecular flexibility index (Phi) is 34.7. The number of methoxy groups -OCH3 is 4. The molecule has 4 saturated heterocycles. The molecule has 0 aliphatic carbocycles. The average Bonchev–Trinajstić information content (AvgIpc) is 1.30. The molecule has 102 heavy (non-hydrogen) atoms. The van der Waals surface area contributed by atoms with Gasteiger partial charge >= 0.3 is 12.1 Å². The van der Waals surface area contributed by atoms with Gasteiger partial charge in [-0.3, -0.25) is 0 Å². The monoisotopic (exact) mass is 1510 g/mol. The van der Waals surface area contributed by atoms with E-state index in [1.54, 1.807) is 42.3 Å². The number of ether oxygens (including phenoxy) is 12. The molecule has 4 fully saturated rings. The normalized spacial score (nSPS) is 31.2. The first kappa shape index (κ1) is 92.1. The quantitative estimate of drug-likeness (QED) is 0.0266. The van der Waals surface area contributed by atoms with E-state index in [0.717, 1.165) is 34.9 Å². The van der Waals surface area contributed by atoms with Crippen molar-refractivity contribution in [3.63, 3.8) is 0 Å². The number of cyclic esters (lactones) is 2. The van der Waals surface area contributed by atoms with E-state index < -0.39 is 130 Å². The second-order valence-corrected chi connectivity index (χ2v) is 53.7. The zero-order valence-electron chi connectivity index (χ0n) is 69.9. The molecule has 4 rings (SSSR count). The summed E-state index contributed by atoms with van der Waals surface area (Å²) in [4.78, 5) is 26.2. The van der Waals surface area contributed by atoms with E-state index in [0.29, 0.717) is 44.3 Å². The lowest BCUT2D eigenvalue weighted by atomic mass is 9.76. The van der Waals surface area contributed by atoms with Gasteiger partial charge in [0.25, 0.3) is 0 Å². The maximum absolute atomic E-state index is 14.0. The van der Waals surface area contributed by atoms with E-state index >= 15 is 0 Å². The summed E-state index contributed by atoms with van der Waals surface area (Å²) in [6.07, 6.45) is 5.05. The smallest absolute Gasteiger partial charge is 0.463 e. The molecule has 0 radical (unpaired) electrons. The lowest BCUT2D eigenvalue weighted by molar-refractivity contribution is -0.363. The van der Waals surface area contributed by atoms with Crippen molar-refractivity contribution in [3.05, 3.63) is 58.7 Å². The second-order valence-electron chi connectivity index (χ2n) is 34.8. The van der Waals surface area contributed by atoms with Crippen LogP contribution < -0.4 is 0 Å². The SMILES string of the molecule is CCOC(=O)/C(C)=C/C(C)=C/C(C)=C/[C@@H](C)[C@H](O)/C=C/C(C)=C\CC[C@H](O[Si](C)(C)C(C)(C)C)[C@H](C[C@@H]1OC(=O)O[C@H]1[C@]1(OC)O[C@H](C[C@H](COC)O[C@H]2C[C@](C)(O[Si](CC)(CC)CC)[C@@H](O[C@H]3C[C@@H](OC)[C@H](O[Si](C)(C)C(C)(C)C)[C@@H](C)O3)[C@H](C)O2)[C@H](C)[C@H](O[Si](C)(C)C(C)(C)C)[C@H]1C)OC. The van der Waals surface area contributed by atoms with Gasteiger partial charge in [-0.15, -0.1) is 0 Å². The van der Waals surface area contributed by atoms with Crippen LogP contribution in [-0.4, -0.2) is 195 Å². The first-order chi connectivity index (χ1) is 47.0. The number of aliphatic hydroxyl groups excluding tert-OH is 1. The predicted molar refractivity (Wildman–Crippen MR) is 417 cm³/mol. The highest BCUT2D eigenvalue weighted by atomic mass is 28.4. The molecule has 0 spiro atoms. The van der Waals surface area contributed by atoms with Crippen molar-refractivity contribution in [3.8, 4) is 0 Å². The molecule has 20 atom stereocenters. The Morgan fingerprint density at radius 1 is 0.725 bits per heavy atom. The van der Waals surface area contributed by atoms with Crippen molar-refractivity contribution in [1.82, 2.24) is 0 Å². The van der Waals surface area contributed by atoms with Crippen LogP contribution in [0.5, 0.6) is 0 Å². The fourth-order valence-corrected chi connectivity index (χ4v) is 21.5. The fourth-order valence-electron chi connectivity index (χ4n) is 14.2. The highest BCUT2D eigenvalue weighted by Gasteiger charge is 2.64. The first-order valence-corrected chi connectivity index (χ1v) is 49.5. The number of aliphatic hydroxyl groups is 1. The Hall–Kier alpha value is -2.25. The lowest BCUT2D eigenvalue weighted by Gasteiger charge is -2.55. The van der Waals surface area contributed by atoms with Gasteiger partial charge in [0.2, 0.25) is 5.79 Å². The highest BCUT2D eigenvalue weighted by molar-refractivity contribution is 6.75. The van der Waals surface area contributed by atoms with Gasteiger partial charge in [-0.25, -0.2) is 9.59 Å². The van der Waals surface area contributed by atoms with Crippen LogP contribution in [0.3, 0.4) is 0 Å². The van der Waals surface area contributed by atoms with Crippen molar-refractivity contribution >= 4 is 45.4 Å². The van der Waals surface area contributed by atoms with E-state index in [4.69, 9.17) is 74.5 Å². The summed E-state index contributed by atoms with van der Waals surface area (Å²) in [7, 11) is -2.77. The molecule has 19 nitrogen and oxygen atoms in total. The van der Waals surface area contributed by atoms with Crippen LogP contribution in [0.4, 0.5) is 4.79 Å². The largest absolute Gasteiger partial charge is 0.509 e. The highest BCUT2D eigenvalue weighted by Crippen LogP contribution is 2.51. The molecule has 0 amide bonds.